The number of ether oxygens (including phenoxy) is 1. The van der Waals surface area contributed by atoms with Crippen molar-refractivity contribution in [3.05, 3.63) is 54.6 Å². The summed E-state index contributed by atoms with van der Waals surface area (Å²) in [7, 11) is 0. The molecule has 0 aliphatic carbocycles. The summed E-state index contributed by atoms with van der Waals surface area (Å²) in [5.41, 5.74) is 1.62. The van der Waals surface area contributed by atoms with Gasteiger partial charge < -0.3 is 19.6 Å². The number of nitrogens with zero attached hydrogens (tertiary/aromatic N) is 3. The highest BCUT2D eigenvalue weighted by Gasteiger charge is 2.16. The Morgan fingerprint density at radius 2 is 1.94 bits per heavy atom. The lowest BCUT2D eigenvalue weighted by Crippen LogP contribution is -2.35. The molecule has 0 saturated carbocycles. The number of thiophene rings is 1. The summed E-state index contributed by atoms with van der Waals surface area (Å²) >= 11 is 1.58. The number of aromatic hydroxyl groups is 1. The topological polar surface area (TPSA) is 83.7 Å². The zero-order valence-electron chi connectivity index (χ0n) is 17.7. The van der Waals surface area contributed by atoms with Crippen LogP contribution in [0.15, 0.2) is 53.2 Å². The van der Waals surface area contributed by atoms with E-state index in [9.17, 15) is 5.11 Å². The van der Waals surface area contributed by atoms with Crippen molar-refractivity contribution < 1.29 is 14.3 Å². The molecule has 0 unspecified atom stereocenters. The van der Waals surface area contributed by atoms with Gasteiger partial charge in [-0.25, -0.2) is 9.97 Å². The second-order valence-electron chi connectivity index (χ2n) is 6.88. The Bertz CT molecular complexity index is 1130. The monoisotopic (exact) mass is 438 g/mol. The van der Waals surface area contributed by atoms with Gasteiger partial charge in [-0.3, -0.25) is 4.90 Å². The van der Waals surface area contributed by atoms with Gasteiger partial charge >= 0.3 is 0 Å². The second kappa shape index (κ2) is 9.91. The third kappa shape index (κ3) is 5.04. The van der Waals surface area contributed by atoms with Crippen LogP contribution in [0.1, 0.15) is 19.6 Å². The lowest BCUT2D eigenvalue weighted by atomic mass is 10.3. The highest BCUT2D eigenvalue weighted by atomic mass is 32.1. The van der Waals surface area contributed by atoms with E-state index >= 15 is 0 Å². The van der Waals surface area contributed by atoms with Crippen molar-refractivity contribution in [2.45, 2.75) is 20.4 Å². The Balaban J connectivity index is 0.00000112. The Morgan fingerprint density at radius 3 is 2.74 bits per heavy atom. The molecule has 4 aromatic rings. The second-order valence-corrected chi connectivity index (χ2v) is 7.93. The first-order valence-corrected chi connectivity index (χ1v) is 11.3. The molecule has 1 saturated heterocycles. The van der Waals surface area contributed by atoms with Gasteiger partial charge in [0.15, 0.2) is 5.82 Å². The lowest BCUT2D eigenvalue weighted by Gasteiger charge is -2.25. The Morgan fingerprint density at radius 1 is 1.10 bits per heavy atom. The quantitative estimate of drug-likeness (QED) is 0.440. The predicted octanol–water partition coefficient (Wildman–Crippen LogP) is 5.26. The van der Waals surface area contributed by atoms with Crippen molar-refractivity contribution in [2.24, 2.45) is 0 Å². The summed E-state index contributed by atoms with van der Waals surface area (Å²) in [5.74, 6) is 2.69. The molecule has 5 rings (SSSR count). The van der Waals surface area contributed by atoms with Crippen molar-refractivity contribution in [2.75, 3.05) is 31.6 Å². The standard InChI is InChI=1S/C21H20N4O3S.C2H6/c26-15-3-1-2-14(10-15)24-21-20-17(22-13-23-21)11-19(29-20)18-5-4-16(28-18)12-25-6-8-27-9-7-25;1-2/h1-5,10-11,13,26H,6-9,12H2,(H,22,23,24);1-2H3. The maximum atomic E-state index is 9.68. The number of hydrogen-bond donors (Lipinski definition) is 2. The number of furan rings is 1. The lowest BCUT2D eigenvalue weighted by molar-refractivity contribution is 0.0314. The SMILES string of the molecule is CC.Oc1cccc(Nc2ncnc3cc(-c4ccc(CN5CCOCC5)o4)sc23)c1. The molecule has 1 aliphatic heterocycles. The number of morpholine rings is 1. The number of anilines is 2. The fourth-order valence-electron chi connectivity index (χ4n) is 3.36. The summed E-state index contributed by atoms with van der Waals surface area (Å²) < 4.78 is 12.4. The number of aromatic nitrogens is 2. The van der Waals surface area contributed by atoms with E-state index in [0.717, 1.165) is 65.1 Å². The molecule has 7 nitrogen and oxygen atoms in total. The molecule has 1 aromatic carbocycles. The summed E-state index contributed by atoms with van der Waals surface area (Å²) in [5, 5.41) is 12.9. The number of phenols is 1. The van der Waals surface area contributed by atoms with Crippen molar-refractivity contribution in [3.63, 3.8) is 0 Å². The first-order chi connectivity index (χ1) is 15.2. The molecule has 162 valence electrons. The Kier molecular flexibility index (Phi) is 6.81. The number of fused-ring (bicyclic) bond motifs is 1. The van der Waals surface area contributed by atoms with Crippen LogP contribution >= 0.6 is 11.3 Å². The molecule has 3 aromatic heterocycles. The van der Waals surface area contributed by atoms with Gasteiger partial charge in [-0.05, 0) is 30.3 Å². The number of hydrogen-bond acceptors (Lipinski definition) is 8. The molecule has 0 spiro atoms. The maximum Gasteiger partial charge on any atom is 0.151 e. The van der Waals surface area contributed by atoms with E-state index in [-0.39, 0.29) is 5.75 Å². The molecule has 4 heterocycles. The minimum absolute atomic E-state index is 0.204. The average molecular weight is 439 g/mol. The van der Waals surface area contributed by atoms with Crippen LogP contribution in [0.2, 0.25) is 0 Å². The zero-order chi connectivity index (χ0) is 21.6. The fourth-order valence-corrected chi connectivity index (χ4v) is 4.38. The smallest absolute Gasteiger partial charge is 0.151 e. The van der Waals surface area contributed by atoms with E-state index in [0.29, 0.717) is 5.82 Å². The van der Waals surface area contributed by atoms with Crippen LogP contribution < -0.4 is 5.32 Å². The molecule has 1 fully saturated rings. The van der Waals surface area contributed by atoms with Gasteiger partial charge in [0.2, 0.25) is 0 Å². The first kappa shape index (κ1) is 21.3. The van der Waals surface area contributed by atoms with E-state index in [1.165, 1.54) is 6.33 Å². The minimum Gasteiger partial charge on any atom is -0.508 e. The number of rotatable bonds is 5. The van der Waals surface area contributed by atoms with Crippen LogP contribution in [0.5, 0.6) is 5.75 Å². The van der Waals surface area contributed by atoms with Crippen LogP contribution in [0.3, 0.4) is 0 Å². The zero-order valence-corrected chi connectivity index (χ0v) is 18.5. The normalized spacial score (nSPS) is 14.3. The molecule has 31 heavy (non-hydrogen) atoms. The Hall–Kier alpha value is -2.94. The van der Waals surface area contributed by atoms with Crippen LogP contribution in [0, 0.1) is 0 Å². The van der Waals surface area contributed by atoms with E-state index < -0.39 is 0 Å². The summed E-state index contributed by atoms with van der Waals surface area (Å²) in [6.07, 6.45) is 1.54. The van der Waals surface area contributed by atoms with Crippen molar-refractivity contribution in [1.82, 2.24) is 14.9 Å². The molecular weight excluding hydrogens is 412 g/mol. The van der Waals surface area contributed by atoms with E-state index in [4.69, 9.17) is 9.15 Å². The fraction of sp³-hybridized carbons (Fsp3) is 0.304. The highest BCUT2D eigenvalue weighted by molar-refractivity contribution is 7.22. The third-order valence-corrected chi connectivity index (χ3v) is 5.95. The summed E-state index contributed by atoms with van der Waals surface area (Å²) in [4.78, 5) is 12.1. The van der Waals surface area contributed by atoms with Crippen molar-refractivity contribution in [3.8, 4) is 16.4 Å². The predicted molar refractivity (Wildman–Crippen MR) is 124 cm³/mol. The van der Waals surface area contributed by atoms with Gasteiger partial charge in [0.1, 0.15) is 23.6 Å². The van der Waals surface area contributed by atoms with E-state index in [1.807, 2.05) is 38.1 Å². The molecular formula is C23H26N4O3S. The van der Waals surface area contributed by atoms with Gasteiger partial charge in [0.05, 0.1) is 34.9 Å². The van der Waals surface area contributed by atoms with E-state index in [2.05, 4.69) is 20.2 Å². The summed E-state index contributed by atoms with van der Waals surface area (Å²) in [6, 6.07) is 13.0. The molecule has 8 heteroatoms. The van der Waals surface area contributed by atoms with Crippen molar-refractivity contribution >= 4 is 33.1 Å². The largest absolute Gasteiger partial charge is 0.508 e. The van der Waals surface area contributed by atoms with E-state index in [1.54, 1.807) is 29.5 Å². The average Bonchev–Trinajstić information content (AvgIpc) is 3.43. The molecule has 0 radical (unpaired) electrons. The highest BCUT2D eigenvalue weighted by Crippen LogP contribution is 2.37. The third-order valence-electron chi connectivity index (χ3n) is 4.81. The van der Waals surface area contributed by atoms with Gasteiger partial charge in [-0.2, -0.15) is 0 Å². The Labute approximate surface area is 185 Å². The minimum atomic E-state index is 0.204. The van der Waals surface area contributed by atoms with Crippen molar-refractivity contribution in [1.29, 1.82) is 0 Å². The van der Waals surface area contributed by atoms with Gasteiger partial charge in [0.25, 0.3) is 0 Å². The number of nitrogens with one attached hydrogen (secondary N) is 1. The van der Waals surface area contributed by atoms with Crippen LogP contribution in [0.4, 0.5) is 11.5 Å². The number of phenolic OH excluding ortho intramolecular Hbond substituents is 1. The first-order valence-electron chi connectivity index (χ1n) is 10.4. The number of benzene rings is 1. The molecule has 2 N–H and O–H groups in total. The van der Waals surface area contributed by atoms with Crippen LogP contribution in [-0.2, 0) is 11.3 Å². The molecule has 0 bridgehead atoms. The van der Waals surface area contributed by atoms with Crippen LogP contribution in [0.25, 0.3) is 20.9 Å². The van der Waals surface area contributed by atoms with Gasteiger partial charge in [0, 0.05) is 24.8 Å². The molecule has 1 aliphatic rings. The van der Waals surface area contributed by atoms with Crippen LogP contribution in [-0.4, -0.2) is 46.3 Å². The summed E-state index contributed by atoms with van der Waals surface area (Å²) in [6.45, 7) is 8.20. The molecule has 0 atom stereocenters. The van der Waals surface area contributed by atoms with Gasteiger partial charge in [-0.15, -0.1) is 11.3 Å². The molecule has 0 amide bonds. The maximum absolute atomic E-state index is 9.68. The van der Waals surface area contributed by atoms with Gasteiger partial charge in [-0.1, -0.05) is 19.9 Å².